The van der Waals surface area contributed by atoms with Gasteiger partial charge in [0, 0.05) is 4.47 Å². The second-order valence-electron chi connectivity index (χ2n) is 3.72. The normalized spacial score (nSPS) is 12.0. The van der Waals surface area contributed by atoms with Crippen molar-refractivity contribution in [1.82, 2.24) is 0 Å². The molecule has 0 bridgehead atoms. The van der Waals surface area contributed by atoms with Crippen molar-refractivity contribution < 1.29 is 14.3 Å². The zero-order valence-electron chi connectivity index (χ0n) is 10.4. The van der Waals surface area contributed by atoms with E-state index < -0.39 is 6.10 Å². The summed E-state index contributed by atoms with van der Waals surface area (Å²) in [6.45, 7) is 4.10. The Labute approximate surface area is 121 Å². The van der Waals surface area contributed by atoms with Gasteiger partial charge in [-0.05, 0) is 31.5 Å². The van der Waals surface area contributed by atoms with Crippen LogP contribution in [0.4, 0.5) is 0 Å². The number of carbonyl (C=O) groups is 1. The number of halogens is 2. The Bertz CT molecular complexity index is 409. The van der Waals surface area contributed by atoms with Gasteiger partial charge in [-0.1, -0.05) is 40.9 Å². The number of hydrogen-bond acceptors (Lipinski definition) is 3. The van der Waals surface area contributed by atoms with Crippen molar-refractivity contribution in [2.45, 2.75) is 32.8 Å². The molecule has 1 rings (SSSR count). The summed E-state index contributed by atoms with van der Waals surface area (Å²) in [5, 5.41) is 0.467. The molecule has 0 aliphatic heterocycles. The van der Waals surface area contributed by atoms with E-state index in [1.165, 1.54) is 0 Å². The number of rotatable bonds is 6. The highest BCUT2D eigenvalue weighted by Gasteiger charge is 2.21. The number of hydrogen-bond donors (Lipinski definition) is 0. The Hall–Kier alpha value is -0.740. The van der Waals surface area contributed by atoms with Gasteiger partial charge in [-0.15, -0.1) is 0 Å². The fourth-order valence-electron chi connectivity index (χ4n) is 1.45. The SMILES string of the molecule is CCCC(Oc1ccc(Br)cc1Cl)C(=O)OCC. The Morgan fingerprint density at radius 3 is 2.72 bits per heavy atom. The summed E-state index contributed by atoms with van der Waals surface area (Å²) >= 11 is 9.36. The van der Waals surface area contributed by atoms with Gasteiger partial charge in [0.25, 0.3) is 0 Å². The Balaban J connectivity index is 2.79. The maximum atomic E-state index is 11.7. The van der Waals surface area contributed by atoms with Crippen LogP contribution in [0.15, 0.2) is 22.7 Å². The van der Waals surface area contributed by atoms with Gasteiger partial charge in [-0.3, -0.25) is 0 Å². The van der Waals surface area contributed by atoms with Gasteiger partial charge < -0.3 is 9.47 Å². The molecule has 0 saturated carbocycles. The quantitative estimate of drug-likeness (QED) is 0.730. The van der Waals surface area contributed by atoms with Crippen LogP contribution >= 0.6 is 27.5 Å². The van der Waals surface area contributed by atoms with E-state index in [-0.39, 0.29) is 5.97 Å². The largest absolute Gasteiger partial charge is 0.477 e. The highest BCUT2D eigenvalue weighted by Crippen LogP contribution is 2.29. The van der Waals surface area contributed by atoms with E-state index in [0.717, 1.165) is 10.9 Å². The molecule has 0 heterocycles. The van der Waals surface area contributed by atoms with Crippen LogP contribution in [0.25, 0.3) is 0 Å². The maximum Gasteiger partial charge on any atom is 0.347 e. The maximum absolute atomic E-state index is 11.7. The molecule has 0 saturated heterocycles. The van der Waals surface area contributed by atoms with Crippen molar-refractivity contribution >= 4 is 33.5 Å². The molecule has 1 atom stereocenters. The lowest BCUT2D eigenvalue weighted by atomic mass is 10.2. The molecule has 0 aliphatic rings. The molecule has 0 N–H and O–H groups in total. The van der Waals surface area contributed by atoms with Crippen molar-refractivity contribution in [2.75, 3.05) is 6.61 Å². The molecule has 0 fully saturated rings. The molecule has 18 heavy (non-hydrogen) atoms. The lowest BCUT2D eigenvalue weighted by Gasteiger charge is -2.17. The summed E-state index contributed by atoms with van der Waals surface area (Å²) < 4.78 is 11.5. The molecule has 1 aromatic carbocycles. The molecule has 0 spiro atoms. The van der Waals surface area contributed by atoms with Crippen molar-refractivity contribution in [3.63, 3.8) is 0 Å². The minimum atomic E-state index is -0.603. The van der Waals surface area contributed by atoms with E-state index in [2.05, 4.69) is 15.9 Å². The standard InChI is InChI=1S/C13H16BrClO3/c1-3-5-12(13(16)17-4-2)18-11-7-6-9(14)8-10(11)15/h6-8,12H,3-5H2,1-2H3. The topological polar surface area (TPSA) is 35.5 Å². The molecule has 3 nitrogen and oxygen atoms in total. The van der Waals surface area contributed by atoms with E-state index in [4.69, 9.17) is 21.1 Å². The van der Waals surface area contributed by atoms with Crippen molar-refractivity contribution in [2.24, 2.45) is 0 Å². The highest BCUT2D eigenvalue weighted by atomic mass is 79.9. The van der Waals surface area contributed by atoms with Gasteiger partial charge in [-0.25, -0.2) is 4.79 Å². The third kappa shape index (κ3) is 4.50. The van der Waals surface area contributed by atoms with Crippen LogP contribution in [0.1, 0.15) is 26.7 Å². The number of benzene rings is 1. The summed E-state index contributed by atoms with van der Waals surface area (Å²) in [7, 11) is 0. The monoisotopic (exact) mass is 334 g/mol. The summed E-state index contributed by atoms with van der Waals surface area (Å²) in [6, 6.07) is 5.27. The molecule has 0 amide bonds. The van der Waals surface area contributed by atoms with Crippen LogP contribution in [-0.4, -0.2) is 18.7 Å². The van der Waals surface area contributed by atoms with Crippen molar-refractivity contribution in [3.8, 4) is 5.75 Å². The lowest BCUT2D eigenvalue weighted by Crippen LogP contribution is -2.29. The van der Waals surface area contributed by atoms with Crippen LogP contribution in [0, 0.1) is 0 Å². The first-order valence-corrected chi connectivity index (χ1v) is 7.03. The Morgan fingerprint density at radius 1 is 1.44 bits per heavy atom. The molecule has 1 unspecified atom stereocenters. The van der Waals surface area contributed by atoms with E-state index in [9.17, 15) is 4.79 Å². The lowest BCUT2D eigenvalue weighted by molar-refractivity contribution is -0.151. The van der Waals surface area contributed by atoms with Gasteiger partial charge in [0.05, 0.1) is 11.6 Å². The average molecular weight is 336 g/mol. The zero-order chi connectivity index (χ0) is 13.5. The van der Waals surface area contributed by atoms with E-state index in [1.807, 2.05) is 13.0 Å². The summed E-state index contributed by atoms with van der Waals surface area (Å²) in [6.07, 6.45) is 0.830. The highest BCUT2D eigenvalue weighted by molar-refractivity contribution is 9.10. The summed E-state index contributed by atoms with van der Waals surface area (Å²) in [5.74, 6) is 0.143. The summed E-state index contributed by atoms with van der Waals surface area (Å²) in [5.41, 5.74) is 0. The van der Waals surface area contributed by atoms with E-state index in [0.29, 0.717) is 23.8 Å². The zero-order valence-corrected chi connectivity index (χ0v) is 12.8. The third-order valence-corrected chi connectivity index (χ3v) is 3.05. The van der Waals surface area contributed by atoms with Crippen molar-refractivity contribution in [3.05, 3.63) is 27.7 Å². The molecule has 0 aliphatic carbocycles. The van der Waals surface area contributed by atoms with E-state index in [1.54, 1.807) is 19.1 Å². The van der Waals surface area contributed by atoms with Crippen LogP contribution in [0.2, 0.25) is 5.02 Å². The Kier molecular flexibility index (Phi) is 6.50. The predicted octanol–water partition coefficient (Wildman–Crippen LogP) is 4.21. The predicted molar refractivity (Wildman–Crippen MR) is 75.1 cm³/mol. The molecule has 0 aromatic heterocycles. The minimum absolute atomic E-state index is 0.344. The fourth-order valence-corrected chi connectivity index (χ4v) is 2.16. The first kappa shape index (κ1) is 15.3. The molecular formula is C13H16BrClO3. The Morgan fingerprint density at radius 2 is 2.17 bits per heavy atom. The first-order valence-electron chi connectivity index (χ1n) is 5.86. The molecule has 100 valence electrons. The smallest absolute Gasteiger partial charge is 0.347 e. The van der Waals surface area contributed by atoms with Crippen LogP contribution in [-0.2, 0) is 9.53 Å². The van der Waals surface area contributed by atoms with E-state index >= 15 is 0 Å². The van der Waals surface area contributed by atoms with Gasteiger partial charge in [-0.2, -0.15) is 0 Å². The fraction of sp³-hybridized carbons (Fsp3) is 0.462. The summed E-state index contributed by atoms with van der Waals surface area (Å²) in [4.78, 5) is 11.7. The van der Waals surface area contributed by atoms with Gasteiger partial charge in [0.1, 0.15) is 5.75 Å². The minimum Gasteiger partial charge on any atom is -0.477 e. The van der Waals surface area contributed by atoms with Crippen LogP contribution < -0.4 is 4.74 Å². The second-order valence-corrected chi connectivity index (χ2v) is 5.04. The van der Waals surface area contributed by atoms with Crippen molar-refractivity contribution in [1.29, 1.82) is 0 Å². The molecule has 0 radical (unpaired) electrons. The first-order chi connectivity index (χ1) is 8.58. The number of ether oxygens (including phenoxy) is 2. The van der Waals surface area contributed by atoms with Gasteiger partial charge >= 0.3 is 5.97 Å². The molecular weight excluding hydrogens is 319 g/mol. The molecule has 1 aromatic rings. The third-order valence-electron chi connectivity index (χ3n) is 2.26. The number of esters is 1. The van der Waals surface area contributed by atoms with Crippen LogP contribution in [0.3, 0.4) is 0 Å². The second kappa shape index (κ2) is 7.64. The number of carbonyl (C=O) groups excluding carboxylic acids is 1. The van der Waals surface area contributed by atoms with Gasteiger partial charge in [0.2, 0.25) is 0 Å². The average Bonchev–Trinajstić information content (AvgIpc) is 2.32. The van der Waals surface area contributed by atoms with Crippen LogP contribution in [0.5, 0.6) is 5.75 Å². The molecule has 5 heteroatoms. The van der Waals surface area contributed by atoms with Gasteiger partial charge in [0.15, 0.2) is 6.10 Å².